The fourth-order valence-electron chi connectivity index (χ4n) is 2.53. The molecule has 1 atom stereocenters. The second kappa shape index (κ2) is 5.14. The lowest BCUT2D eigenvalue weighted by molar-refractivity contribution is 0.0288. The van der Waals surface area contributed by atoms with Crippen LogP contribution in [-0.4, -0.2) is 20.5 Å². The molecule has 3 N–H and O–H groups in total. The predicted octanol–water partition coefficient (Wildman–Crippen LogP) is 3.07. The largest absolute Gasteiger partial charge is 0.388 e. The molecular weight excluding hydrogens is 276 g/mol. The topological polar surface area (TPSA) is 76.8 Å². The Morgan fingerprint density at radius 3 is 2.80 bits per heavy atom. The zero-order chi connectivity index (χ0) is 14.3. The third-order valence-corrected chi connectivity index (χ3v) is 4.83. The van der Waals surface area contributed by atoms with Gasteiger partial charge in [-0.25, -0.2) is 4.98 Å². The number of anilines is 1. The molecule has 0 aliphatic heterocycles. The molecule has 1 heterocycles. The van der Waals surface area contributed by atoms with Crippen LogP contribution in [0.25, 0.3) is 10.6 Å². The number of hydrogen-bond acceptors (Lipinski definition) is 6. The third-order valence-electron chi connectivity index (χ3n) is 3.58. The smallest absolute Gasteiger partial charge is 0.123 e. The quantitative estimate of drug-likeness (QED) is 0.742. The van der Waals surface area contributed by atoms with Crippen molar-refractivity contribution in [2.24, 2.45) is 0 Å². The van der Waals surface area contributed by atoms with Gasteiger partial charge in [0.25, 0.3) is 0 Å². The Morgan fingerprint density at radius 2 is 2.15 bits per heavy atom. The van der Waals surface area contributed by atoms with Gasteiger partial charge in [-0.3, -0.25) is 10.4 Å². The average Bonchev–Trinajstić information content (AvgIpc) is 2.83. The van der Waals surface area contributed by atoms with E-state index in [0.717, 1.165) is 46.0 Å². The molecule has 3 rings (SSSR count). The molecule has 0 spiro atoms. The van der Waals surface area contributed by atoms with Crippen LogP contribution in [0.5, 0.6) is 0 Å². The van der Waals surface area contributed by atoms with E-state index in [-0.39, 0.29) is 5.23 Å². The molecule has 6 heteroatoms. The zero-order valence-corrected chi connectivity index (χ0v) is 11.9. The number of hydrogen-bond donors (Lipinski definition) is 3. The molecule has 20 heavy (non-hydrogen) atoms. The van der Waals surface area contributed by atoms with E-state index in [9.17, 15) is 5.11 Å². The summed E-state index contributed by atoms with van der Waals surface area (Å²) in [5, 5.41) is 29.1. The molecule has 2 aromatic rings. The zero-order valence-electron chi connectivity index (χ0n) is 11.1. The highest BCUT2D eigenvalue weighted by Crippen LogP contribution is 2.38. The van der Waals surface area contributed by atoms with Crippen molar-refractivity contribution >= 4 is 17.0 Å². The van der Waals surface area contributed by atoms with Gasteiger partial charge in [0.05, 0.1) is 22.4 Å². The van der Waals surface area contributed by atoms with Crippen LogP contribution in [0.15, 0.2) is 18.2 Å². The summed E-state index contributed by atoms with van der Waals surface area (Å²) in [6, 6.07) is 5.31. The number of aliphatic hydroxyl groups excluding tert-OH is 1. The minimum atomic E-state index is -0.393. The van der Waals surface area contributed by atoms with Crippen LogP contribution in [0.2, 0.25) is 0 Å². The van der Waals surface area contributed by atoms with Crippen LogP contribution in [0.4, 0.5) is 5.69 Å². The Kier molecular flexibility index (Phi) is 3.47. The van der Waals surface area contributed by atoms with Crippen molar-refractivity contribution in [2.75, 3.05) is 5.23 Å². The van der Waals surface area contributed by atoms with E-state index < -0.39 is 6.10 Å². The van der Waals surface area contributed by atoms with Crippen molar-refractivity contribution < 1.29 is 15.5 Å². The first-order valence-corrected chi connectivity index (χ1v) is 7.34. The van der Waals surface area contributed by atoms with E-state index in [1.54, 1.807) is 19.1 Å². The monoisotopic (exact) mass is 292 g/mol. The van der Waals surface area contributed by atoms with Gasteiger partial charge in [0.2, 0.25) is 0 Å². The van der Waals surface area contributed by atoms with Crippen molar-refractivity contribution in [3.8, 4) is 10.6 Å². The molecule has 0 saturated carbocycles. The minimum Gasteiger partial charge on any atom is -0.388 e. The Bertz CT molecular complexity index is 639. The minimum absolute atomic E-state index is 0.121. The third kappa shape index (κ3) is 2.31. The summed E-state index contributed by atoms with van der Waals surface area (Å²) in [5.74, 6) is 0. The van der Waals surface area contributed by atoms with Gasteiger partial charge in [-0.2, -0.15) is 0 Å². The van der Waals surface area contributed by atoms with Crippen LogP contribution in [0.3, 0.4) is 0 Å². The van der Waals surface area contributed by atoms with E-state index in [4.69, 9.17) is 10.4 Å². The van der Waals surface area contributed by atoms with Crippen molar-refractivity contribution in [3.05, 3.63) is 34.3 Å². The summed E-state index contributed by atoms with van der Waals surface area (Å²) in [7, 11) is 0. The van der Waals surface area contributed by atoms with Crippen LogP contribution in [0, 0.1) is 6.92 Å². The van der Waals surface area contributed by atoms with Gasteiger partial charge in [0.1, 0.15) is 5.01 Å². The van der Waals surface area contributed by atoms with Gasteiger partial charge < -0.3 is 5.11 Å². The number of fused-ring (bicyclic) bond motifs is 1. The second-order valence-electron chi connectivity index (χ2n) is 5.03. The molecule has 0 saturated heterocycles. The Balaban J connectivity index is 1.99. The standard InChI is InChI=1S/C14H16N2O3S/c1-8-7-9(5-6-11(8)16(18)19)14-15-10-3-2-4-12(17)13(10)20-14/h5-7,12,17-19H,2-4H2,1H3. The molecule has 1 aliphatic carbocycles. The van der Waals surface area contributed by atoms with Crippen molar-refractivity contribution in [1.29, 1.82) is 0 Å². The molecule has 106 valence electrons. The van der Waals surface area contributed by atoms with E-state index in [1.165, 1.54) is 11.3 Å². The lowest BCUT2D eigenvalue weighted by Gasteiger charge is -2.14. The van der Waals surface area contributed by atoms with E-state index >= 15 is 0 Å². The molecule has 0 radical (unpaired) electrons. The number of aliphatic hydroxyl groups is 1. The summed E-state index contributed by atoms with van der Waals surface area (Å²) in [5.41, 5.74) is 3.02. The number of rotatable bonds is 2. The van der Waals surface area contributed by atoms with Gasteiger partial charge in [-0.1, -0.05) is 0 Å². The maximum absolute atomic E-state index is 9.99. The maximum Gasteiger partial charge on any atom is 0.123 e. The molecular formula is C14H16N2O3S. The van der Waals surface area contributed by atoms with Crippen LogP contribution in [0.1, 0.15) is 35.1 Å². The molecule has 0 fully saturated rings. The fourth-order valence-corrected chi connectivity index (χ4v) is 3.66. The highest BCUT2D eigenvalue weighted by atomic mass is 32.1. The van der Waals surface area contributed by atoms with Gasteiger partial charge >= 0.3 is 0 Å². The molecule has 1 unspecified atom stereocenters. The molecule has 0 bridgehead atoms. The van der Waals surface area contributed by atoms with Crippen molar-refractivity contribution in [2.45, 2.75) is 32.3 Å². The average molecular weight is 292 g/mol. The Morgan fingerprint density at radius 1 is 1.35 bits per heavy atom. The summed E-state index contributed by atoms with van der Waals surface area (Å²) in [6.45, 7) is 1.81. The predicted molar refractivity (Wildman–Crippen MR) is 76.2 cm³/mol. The summed E-state index contributed by atoms with van der Waals surface area (Å²) >= 11 is 1.52. The second-order valence-corrected chi connectivity index (χ2v) is 6.06. The molecule has 0 amide bonds. The highest BCUT2D eigenvalue weighted by molar-refractivity contribution is 7.15. The number of nitrogens with zero attached hydrogens (tertiary/aromatic N) is 2. The molecule has 5 nitrogen and oxygen atoms in total. The number of thiazole rings is 1. The van der Waals surface area contributed by atoms with Crippen LogP contribution in [-0.2, 0) is 6.42 Å². The SMILES string of the molecule is Cc1cc(-c2nc3c(s2)C(O)CCC3)ccc1N(O)O. The van der Waals surface area contributed by atoms with Crippen LogP contribution >= 0.6 is 11.3 Å². The fraction of sp³-hybridized carbons (Fsp3) is 0.357. The first-order chi connectivity index (χ1) is 9.56. The first-order valence-electron chi connectivity index (χ1n) is 6.53. The van der Waals surface area contributed by atoms with E-state index in [0.29, 0.717) is 5.69 Å². The summed E-state index contributed by atoms with van der Waals surface area (Å²) in [6.07, 6.45) is 2.30. The van der Waals surface area contributed by atoms with Gasteiger partial charge in [-0.05, 0) is 49.9 Å². The lowest BCUT2D eigenvalue weighted by Crippen LogP contribution is -2.12. The Hall–Kier alpha value is -1.47. The lowest BCUT2D eigenvalue weighted by atomic mass is 10.0. The molecule has 1 aromatic heterocycles. The number of aryl methyl sites for hydroxylation is 2. The number of aromatic nitrogens is 1. The Labute approximate surface area is 120 Å². The van der Waals surface area contributed by atoms with Crippen molar-refractivity contribution in [3.63, 3.8) is 0 Å². The number of benzene rings is 1. The highest BCUT2D eigenvalue weighted by Gasteiger charge is 2.23. The van der Waals surface area contributed by atoms with Gasteiger partial charge in [0.15, 0.2) is 0 Å². The van der Waals surface area contributed by atoms with Gasteiger partial charge in [-0.15, -0.1) is 16.6 Å². The first kappa shape index (κ1) is 13.5. The van der Waals surface area contributed by atoms with E-state index in [2.05, 4.69) is 4.98 Å². The normalized spacial score (nSPS) is 17.9. The molecule has 1 aromatic carbocycles. The van der Waals surface area contributed by atoms with Gasteiger partial charge in [0, 0.05) is 5.56 Å². The maximum atomic E-state index is 9.99. The summed E-state index contributed by atoms with van der Waals surface area (Å²) in [4.78, 5) is 5.58. The van der Waals surface area contributed by atoms with E-state index in [1.807, 2.05) is 6.07 Å². The molecule has 1 aliphatic rings. The van der Waals surface area contributed by atoms with Crippen LogP contribution < -0.4 is 5.23 Å². The van der Waals surface area contributed by atoms with Crippen molar-refractivity contribution in [1.82, 2.24) is 4.98 Å². The summed E-state index contributed by atoms with van der Waals surface area (Å²) < 4.78 is 0.